The van der Waals surface area contributed by atoms with E-state index >= 15 is 0 Å². The van der Waals surface area contributed by atoms with Crippen molar-refractivity contribution in [1.29, 1.82) is 0 Å². The fraction of sp³-hybridized carbons (Fsp3) is 1.00. The van der Waals surface area contributed by atoms with Crippen molar-refractivity contribution in [3.05, 3.63) is 15.3 Å². The van der Waals surface area contributed by atoms with Crippen LogP contribution < -0.4 is 0 Å². The summed E-state index contributed by atoms with van der Waals surface area (Å²) in [4.78, 5) is 8.25. The minimum atomic E-state index is -2.59. The van der Waals surface area contributed by atoms with Gasteiger partial charge >= 0.3 is 0 Å². The predicted molar refractivity (Wildman–Crippen MR) is 46.7 cm³/mol. The van der Waals surface area contributed by atoms with Crippen LogP contribution in [0.4, 0.5) is 26.9 Å². The van der Waals surface area contributed by atoms with Crippen LogP contribution in [0.25, 0.3) is 0 Å². The molecule has 0 fully saturated rings. The summed E-state index contributed by atoms with van der Waals surface area (Å²) < 4.78 is 70.0. The van der Waals surface area contributed by atoms with E-state index < -0.39 is 52.8 Å². The van der Waals surface area contributed by atoms with E-state index in [9.17, 15) is 32.0 Å². The van der Waals surface area contributed by atoms with Gasteiger partial charge in [0.05, 0.1) is 24.7 Å². The van der Waals surface area contributed by atoms with Gasteiger partial charge in [0, 0.05) is 16.0 Å². The van der Waals surface area contributed by atoms with Crippen molar-refractivity contribution in [1.82, 2.24) is 16.0 Å². The molecule has 0 heterocycles. The largest absolute Gasteiger partial charge is 0.387 e. The predicted octanol–water partition coefficient (Wildman–Crippen LogP) is 1.08. The summed E-state index contributed by atoms with van der Waals surface area (Å²) in [5.74, 6) is 0. The molecule has 0 bridgehead atoms. The molecule has 0 rings (SSSR count). The van der Waals surface area contributed by atoms with Crippen LogP contribution in [0.1, 0.15) is 6.42 Å². The maximum atomic E-state index is 11.7. The third kappa shape index (κ3) is 16.6. The molecule has 0 radical (unpaired) electrons. The Morgan fingerprint density at radius 1 is 0.947 bits per heavy atom. The lowest BCUT2D eigenvalue weighted by molar-refractivity contribution is -0.402. The molecule has 116 valence electrons. The monoisotopic (exact) mass is 303 g/mol. The van der Waals surface area contributed by atoms with E-state index in [2.05, 4.69) is 0 Å². The lowest BCUT2D eigenvalue weighted by Crippen LogP contribution is -2.46. The van der Waals surface area contributed by atoms with Crippen LogP contribution in [0.15, 0.2) is 0 Å². The Labute approximate surface area is 101 Å². The van der Waals surface area contributed by atoms with E-state index in [0.29, 0.717) is 0 Å². The molecule has 0 aromatic rings. The molecule has 0 aromatic heterocycles. The highest BCUT2D eigenvalue weighted by Crippen LogP contribution is 2.17. The van der Waals surface area contributed by atoms with E-state index in [0.717, 1.165) is 0 Å². The number of aliphatic hydroxyl groups is 1. The molecule has 0 saturated heterocycles. The first-order valence-corrected chi connectivity index (χ1v) is 4.29. The summed E-state index contributed by atoms with van der Waals surface area (Å²) in [5.41, 5.74) is -2.59. The van der Waals surface area contributed by atoms with Crippen molar-refractivity contribution in [3.8, 4) is 0 Å². The summed E-state index contributed by atoms with van der Waals surface area (Å²) in [7, 11) is 0. The summed E-state index contributed by atoms with van der Waals surface area (Å²) >= 11 is 0. The lowest BCUT2D eigenvalue weighted by atomic mass is 10.0. The standard InChI is InChI=1S/C5H9F6N3O.NO3/c6-12(7)2-1-5(15,3-13(8)9)4-14(10)11;2-1(3)4/h15H,1-4H2;/q;-1. The fourth-order valence-corrected chi connectivity index (χ4v) is 0.946. The van der Waals surface area contributed by atoms with Gasteiger partial charge in [0.1, 0.15) is 5.60 Å². The normalized spacial score (nSPS) is 11.7. The molecule has 0 spiro atoms. The molecule has 8 nitrogen and oxygen atoms in total. The van der Waals surface area contributed by atoms with Crippen LogP contribution in [0.3, 0.4) is 0 Å². The number of halogens is 6. The second-order valence-electron chi connectivity index (χ2n) is 3.15. The van der Waals surface area contributed by atoms with Crippen LogP contribution in [-0.2, 0) is 0 Å². The zero-order valence-electron chi connectivity index (χ0n) is 9.06. The van der Waals surface area contributed by atoms with Crippen molar-refractivity contribution in [2.45, 2.75) is 12.0 Å². The Kier molecular flexibility index (Phi) is 10.0. The van der Waals surface area contributed by atoms with Gasteiger partial charge in [-0.05, 0) is 6.42 Å². The average Bonchev–Trinajstić information content (AvgIpc) is 2.11. The molecule has 0 amide bonds. The second kappa shape index (κ2) is 9.54. The van der Waals surface area contributed by atoms with Gasteiger partial charge in [-0.3, -0.25) is 0 Å². The maximum absolute atomic E-state index is 11.7. The second-order valence-corrected chi connectivity index (χ2v) is 3.15. The smallest absolute Gasteiger partial charge is 0.102 e. The zero-order valence-corrected chi connectivity index (χ0v) is 9.06. The summed E-state index contributed by atoms with van der Waals surface area (Å²) in [6, 6.07) is 0. The third-order valence-corrected chi connectivity index (χ3v) is 1.57. The molecule has 0 aliphatic carbocycles. The van der Waals surface area contributed by atoms with Crippen LogP contribution in [-0.4, -0.2) is 51.5 Å². The number of nitrogens with zero attached hydrogens (tertiary/aromatic N) is 4. The van der Waals surface area contributed by atoms with E-state index in [1.165, 1.54) is 0 Å². The van der Waals surface area contributed by atoms with Gasteiger partial charge in [-0.2, -0.15) is 0 Å². The molecule has 0 aliphatic rings. The van der Waals surface area contributed by atoms with Gasteiger partial charge in [-0.15, -0.1) is 26.9 Å². The Hall–Kier alpha value is -1.38. The minimum Gasteiger partial charge on any atom is -0.387 e. The molecule has 0 aromatic carbocycles. The summed E-state index contributed by atoms with van der Waals surface area (Å²) in [5, 5.41) is 19.5. The Morgan fingerprint density at radius 3 is 1.47 bits per heavy atom. The summed E-state index contributed by atoms with van der Waals surface area (Å²) in [6.07, 6.45) is -0.908. The first-order chi connectivity index (χ1) is 8.48. The van der Waals surface area contributed by atoms with Gasteiger partial charge < -0.3 is 20.4 Å². The number of rotatable bonds is 7. The molecular formula is C5H9F6N4O4-. The van der Waals surface area contributed by atoms with Gasteiger partial charge in [-0.25, -0.2) is 0 Å². The Balaban J connectivity index is 0. The summed E-state index contributed by atoms with van der Waals surface area (Å²) in [6.45, 7) is -3.96. The highest BCUT2D eigenvalue weighted by Gasteiger charge is 2.34. The SMILES string of the molecule is O=[N+]([O-])[O-].OC(CCN(F)F)(CN(F)F)CN(F)F. The maximum Gasteiger partial charge on any atom is 0.102 e. The van der Waals surface area contributed by atoms with Crippen molar-refractivity contribution in [2.24, 2.45) is 0 Å². The number of hydrogen-bond donors (Lipinski definition) is 1. The quantitative estimate of drug-likeness (QED) is 0.325. The van der Waals surface area contributed by atoms with Gasteiger partial charge in [-0.1, -0.05) is 0 Å². The van der Waals surface area contributed by atoms with Crippen LogP contribution in [0.5, 0.6) is 0 Å². The zero-order chi connectivity index (χ0) is 15.6. The minimum absolute atomic E-state index is 0.908. The highest BCUT2D eigenvalue weighted by molar-refractivity contribution is 4.80. The van der Waals surface area contributed by atoms with Gasteiger partial charge in [0.15, 0.2) is 0 Å². The van der Waals surface area contributed by atoms with E-state index in [1.54, 1.807) is 0 Å². The first kappa shape index (κ1) is 19.9. The molecule has 19 heavy (non-hydrogen) atoms. The topological polar surface area (TPSA) is 96.1 Å². The van der Waals surface area contributed by atoms with Crippen molar-refractivity contribution in [3.63, 3.8) is 0 Å². The average molecular weight is 303 g/mol. The molecule has 0 unspecified atom stereocenters. The van der Waals surface area contributed by atoms with E-state index in [4.69, 9.17) is 15.3 Å². The van der Waals surface area contributed by atoms with Crippen molar-refractivity contribution in [2.75, 3.05) is 19.6 Å². The van der Waals surface area contributed by atoms with Crippen molar-refractivity contribution >= 4 is 0 Å². The molecule has 0 atom stereocenters. The van der Waals surface area contributed by atoms with Gasteiger partial charge in [0.25, 0.3) is 0 Å². The van der Waals surface area contributed by atoms with Crippen LogP contribution >= 0.6 is 0 Å². The molecule has 0 aliphatic heterocycles. The first-order valence-electron chi connectivity index (χ1n) is 4.29. The number of hydrogen-bond acceptors (Lipinski definition) is 7. The highest BCUT2D eigenvalue weighted by atomic mass is 19.4. The van der Waals surface area contributed by atoms with E-state index in [-0.39, 0.29) is 0 Å². The molecule has 1 N–H and O–H groups in total. The fourth-order valence-electron chi connectivity index (χ4n) is 0.946. The third-order valence-electron chi connectivity index (χ3n) is 1.57. The Morgan fingerprint density at radius 2 is 1.26 bits per heavy atom. The molecule has 0 saturated carbocycles. The Bertz CT molecular complexity index is 244. The molecule has 14 heteroatoms. The van der Waals surface area contributed by atoms with Crippen molar-refractivity contribution < 1.29 is 37.1 Å². The molecular weight excluding hydrogens is 294 g/mol. The van der Waals surface area contributed by atoms with E-state index in [1.807, 2.05) is 0 Å². The lowest BCUT2D eigenvalue weighted by Gasteiger charge is -2.27. The van der Waals surface area contributed by atoms with Crippen LogP contribution in [0.2, 0.25) is 0 Å². The van der Waals surface area contributed by atoms with Gasteiger partial charge in [0.2, 0.25) is 0 Å². The van der Waals surface area contributed by atoms with Crippen LogP contribution in [0, 0.1) is 15.3 Å².